The minimum absolute atomic E-state index is 0.140. The van der Waals surface area contributed by atoms with Crippen LogP contribution in [0.5, 0.6) is 0 Å². The molecule has 19 heavy (non-hydrogen) atoms. The molecule has 0 saturated carbocycles. The van der Waals surface area contributed by atoms with Crippen LogP contribution in [-0.4, -0.2) is 44.2 Å². The van der Waals surface area contributed by atoms with Crippen LogP contribution in [0.15, 0.2) is 24.3 Å². The topological polar surface area (TPSA) is 44.8 Å². The Hall–Kier alpha value is -1.59. The molecule has 2 saturated heterocycles. The van der Waals surface area contributed by atoms with Crippen molar-refractivity contribution in [2.45, 2.75) is 12.5 Å². The van der Waals surface area contributed by atoms with Crippen LogP contribution in [0.3, 0.4) is 0 Å². The van der Waals surface area contributed by atoms with Crippen LogP contribution in [0.2, 0.25) is 0 Å². The van der Waals surface area contributed by atoms with Gasteiger partial charge in [-0.15, -0.1) is 0 Å². The lowest BCUT2D eigenvalue weighted by atomic mass is 10.1. The van der Waals surface area contributed by atoms with Gasteiger partial charge in [-0.25, -0.2) is 0 Å². The number of carbonyl (C=O) groups excluding carboxylic acids is 1. The predicted molar refractivity (Wildman–Crippen MR) is 72.7 cm³/mol. The first-order valence-corrected chi connectivity index (χ1v) is 6.72. The van der Waals surface area contributed by atoms with Crippen molar-refractivity contribution in [3.8, 4) is 0 Å². The molecule has 1 amide bonds. The number of anilines is 1. The summed E-state index contributed by atoms with van der Waals surface area (Å²) in [5.41, 5.74) is 2.24. The molecule has 1 aromatic rings. The Morgan fingerprint density at radius 2 is 2.11 bits per heavy atom. The van der Waals surface area contributed by atoms with Gasteiger partial charge in [-0.2, -0.15) is 0 Å². The number of carbonyl (C=O) groups is 1. The molecule has 1 N–H and O–H groups in total. The Bertz CT molecular complexity index is 454. The van der Waals surface area contributed by atoms with Crippen molar-refractivity contribution in [2.75, 3.05) is 38.3 Å². The summed E-state index contributed by atoms with van der Waals surface area (Å²) in [6.07, 6.45) is 0.731. The average molecular weight is 261 g/mol. The van der Waals surface area contributed by atoms with E-state index in [-0.39, 0.29) is 12.0 Å². The summed E-state index contributed by atoms with van der Waals surface area (Å²) in [5.74, 6) is 0.170. The lowest BCUT2D eigenvalue weighted by Crippen LogP contribution is -2.35. The normalized spacial score (nSPS) is 24.1. The quantitative estimate of drug-likeness (QED) is 0.860. The van der Waals surface area contributed by atoms with Crippen molar-refractivity contribution in [3.05, 3.63) is 29.8 Å². The van der Waals surface area contributed by atoms with E-state index in [1.54, 1.807) is 5.01 Å². The van der Waals surface area contributed by atoms with E-state index < -0.39 is 0 Å². The zero-order valence-electron chi connectivity index (χ0n) is 11.1. The number of hydrazine groups is 1. The molecule has 0 radical (unpaired) electrons. The van der Waals surface area contributed by atoms with Gasteiger partial charge in [0.2, 0.25) is 5.91 Å². The van der Waals surface area contributed by atoms with Gasteiger partial charge in [0.25, 0.3) is 0 Å². The number of hydrogen-bond donors (Lipinski definition) is 1. The molecule has 1 atom stereocenters. The van der Waals surface area contributed by atoms with E-state index in [0.717, 1.165) is 31.9 Å². The summed E-state index contributed by atoms with van der Waals surface area (Å²) in [5, 5.41) is 7.02. The summed E-state index contributed by atoms with van der Waals surface area (Å²) >= 11 is 0. The molecular weight excluding hydrogens is 242 g/mol. The fourth-order valence-electron chi connectivity index (χ4n) is 2.59. The van der Waals surface area contributed by atoms with Gasteiger partial charge in [-0.1, -0.05) is 12.1 Å². The fourth-order valence-corrected chi connectivity index (χ4v) is 2.59. The van der Waals surface area contributed by atoms with Gasteiger partial charge < -0.3 is 10.1 Å². The first-order chi connectivity index (χ1) is 9.25. The zero-order valence-corrected chi connectivity index (χ0v) is 11.1. The summed E-state index contributed by atoms with van der Waals surface area (Å²) in [6.45, 7) is 3.31. The van der Waals surface area contributed by atoms with Gasteiger partial charge in [-0.05, 0) is 17.7 Å². The monoisotopic (exact) mass is 261 g/mol. The molecule has 3 rings (SSSR count). The van der Waals surface area contributed by atoms with Crippen LogP contribution in [0.1, 0.15) is 18.1 Å². The number of morpholine rings is 1. The SMILES string of the molecule is CN1C(=O)CCN1c1ccc(C2CNCCO2)cc1. The second-order valence-electron chi connectivity index (χ2n) is 4.95. The molecule has 2 heterocycles. The number of hydrogen-bond acceptors (Lipinski definition) is 4. The van der Waals surface area contributed by atoms with Crippen molar-refractivity contribution in [1.82, 2.24) is 10.3 Å². The van der Waals surface area contributed by atoms with E-state index in [1.807, 2.05) is 12.1 Å². The first kappa shape index (κ1) is 12.4. The van der Waals surface area contributed by atoms with Gasteiger partial charge in [0, 0.05) is 33.1 Å². The summed E-state index contributed by atoms with van der Waals surface area (Å²) in [4.78, 5) is 11.5. The van der Waals surface area contributed by atoms with Gasteiger partial charge in [0.15, 0.2) is 0 Å². The lowest BCUT2D eigenvalue weighted by Gasteiger charge is -2.27. The maximum atomic E-state index is 11.5. The zero-order chi connectivity index (χ0) is 13.2. The Labute approximate surface area is 113 Å². The molecule has 5 nitrogen and oxygen atoms in total. The van der Waals surface area contributed by atoms with Crippen LogP contribution < -0.4 is 10.3 Å². The highest BCUT2D eigenvalue weighted by Gasteiger charge is 2.25. The Morgan fingerprint density at radius 3 is 2.68 bits per heavy atom. The minimum Gasteiger partial charge on any atom is -0.371 e. The predicted octanol–water partition coefficient (Wildman–Crippen LogP) is 0.931. The molecule has 102 valence electrons. The molecule has 5 heteroatoms. The van der Waals surface area contributed by atoms with E-state index in [9.17, 15) is 4.79 Å². The molecule has 0 spiro atoms. The molecule has 2 fully saturated rings. The van der Waals surface area contributed by atoms with Gasteiger partial charge in [0.1, 0.15) is 0 Å². The third-order valence-corrected chi connectivity index (χ3v) is 3.75. The maximum Gasteiger partial charge on any atom is 0.242 e. The number of rotatable bonds is 2. The van der Waals surface area contributed by atoms with Crippen LogP contribution in [0.25, 0.3) is 0 Å². The Kier molecular flexibility index (Phi) is 3.40. The largest absolute Gasteiger partial charge is 0.371 e. The standard InChI is InChI=1S/C14H19N3O2/c1-16-14(18)6-8-17(16)12-4-2-11(3-5-12)13-10-15-7-9-19-13/h2-5,13,15H,6-10H2,1H3. The van der Waals surface area contributed by atoms with Gasteiger partial charge >= 0.3 is 0 Å². The maximum absolute atomic E-state index is 11.5. The van der Waals surface area contributed by atoms with Crippen LogP contribution >= 0.6 is 0 Å². The van der Waals surface area contributed by atoms with E-state index in [2.05, 4.69) is 29.6 Å². The van der Waals surface area contributed by atoms with E-state index in [4.69, 9.17) is 4.74 Å². The lowest BCUT2D eigenvalue weighted by molar-refractivity contribution is -0.126. The van der Waals surface area contributed by atoms with Crippen molar-refractivity contribution >= 4 is 11.6 Å². The van der Waals surface area contributed by atoms with Crippen molar-refractivity contribution in [2.24, 2.45) is 0 Å². The number of amides is 1. The van der Waals surface area contributed by atoms with Crippen molar-refractivity contribution < 1.29 is 9.53 Å². The Balaban J connectivity index is 1.73. The van der Waals surface area contributed by atoms with E-state index in [1.165, 1.54) is 5.56 Å². The molecule has 0 aliphatic carbocycles. The van der Waals surface area contributed by atoms with Crippen molar-refractivity contribution in [1.29, 1.82) is 0 Å². The molecular formula is C14H19N3O2. The molecule has 1 aromatic carbocycles. The fraction of sp³-hybridized carbons (Fsp3) is 0.500. The summed E-state index contributed by atoms with van der Waals surface area (Å²) in [7, 11) is 1.82. The van der Waals surface area contributed by atoms with Crippen LogP contribution in [0, 0.1) is 0 Å². The third kappa shape index (κ3) is 2.43. The Morgan fingerprint density at radius 1 is 1.32 bits per heavy atom. The molecule has 2 aliphatic rings. The minimum atomic E-state index is 0.140. The number of benzene rings is 1. The highest BCUT2D eigenvalue weighted by atomic mass is 16.5. The van der Waals surface area contributed by atoms with Crippen molar-refractivity contribution in [3.63, 3.8) is 0 Å². The molecule has 1 unspecified atom stereocenters. The van der Waals surface area contributed by atoms with Gasteiger partial charge in [-0.3, -0.25) is 14.8 Å². The first-order valence-electron chi connectivity index (χ1n) is 6.72. The van der Waals surface area contributed by atoms with Crippen LogP contribution in [-0.2, 0) is 9.53 Å². The number of nitrogens with one attached hydrogen (secondary N) is 1. The third-order valence-electron chi connectivity index (χ3n) is 3.75. The highest BCUT2D eigenvalue weighted by Crippen LogP contribution is 2.25. The highest BCUT2D eigenvalue weighted by molar-refractivity contribution is 5.81. The van der Waals surface area contributed by atoms with Gasteiger partial charge in [0.05, 0.1) is 18.4 Å². The average Bonchev–Trinajstić information content (AvgIpc) is 2.80. The number of nitrogens with zero attached hydrogens (tertiary/aromatic N) is 2. The molecule has 0 bridgehead atoms. The second kappa shape index (κ2) is 5.19. The molecule has 2 aliphatic heterocycles. The second-order valence-corrected chi connectivity index (χ2v) is 4.95. The number of ether oxygens (including phenoxy) is 1. The summed E-state index contributed by atoms with van der Waals surface area (Å²) in [6, 6.07) is 8.29. The van der Waals surface area contributed by atoms with Crippen LogP contribution in [0.4, 0.5) is 5.69 Å². The molecule has 0 aromatic heterocycles. The summed E-state index contributed by atoms with van der Waals surface area (Å²) < 4.78 is 5.73. The van der Waals surface area contributed by atoms with E-state index >= 15 is 0 Å². The van der Waals surface area contributed by atoms with E-state index in [0.29, 0.717) is 6.42 Å². The smallest absolute Gasteiger partial charge is 0.242 e.